The molecule has 0 unspecified atom stereocenters. The average molecular weight is 266 g/mol. The van der Waals surface area contributed by atoms with Crippen molar-refractivity contribution in [3.8, 4) is 0 Å². The van der Waals surface area contributed by atoms with E-state index in [9.17, 15) is 9.50 Å². The van der Waals surface area contributed by atoms with Crippen LogP contribution in [0.15, 0.2) is 48.5 Å². The van der Waals surface area contributed by atoms with E-state index < -0.39 is 11.4 Å². The molecule has 0 saturated heterocycles. The van der Waals surface area contributed by atoms with Crippen molar-refractivity contribution < 1.29 is 9.50 Å². The molecule has 2 rings (SSSR count). The van der Waals surface area contributed by atoms with E-state index in [4.69, 9.17) is 17.3 Å². The summed E-state index contributed by atoms with van der Waals surface area (Å²) in [6.07, 6.45) is 0. The summed E-state index contributed by atoms with van der Waals surface area (Å²) >= 11 is 5.99. The highest BCUT2D eigenvalue weighted by Crippen LogP contribution is 2.33. The minimum absolute atomic E-state index is 0.0393. The van der Waals surface area contributed by atoms with Crippen LogP contribution in [0.4, 0.5) is 4.39 Å². The molecule has 18 heavy (non-hydrogen) atoms. The fourth-order valence-electron chi connectivity index (χ4n) is 1.92. The van der Waals surface area contributed by atoms with E-state index in [1.165, 1.54) is 18.2 Å². The van der Waals surface area contributed by atoms with Crippen LogP contribution in [0.1, 0.15) is 11.1 Å². The Labute approximate surface area is 110 Å². The predicted molar refractivity (Wildman–Crippen MR) is 69.9 cm³/mol. The van der Waals surface area contributed by atoms with Gasteiger partial charge in [-0.3, -0.25) is 0 Å². The average Bonchev–Trinajstić information content (AvgIpc) is 2.39. The second-order valence-corrected chi connectivity index (χ2v) is 4.46. The molecule has 2 aromatic carbocycles. The first-order valence-corrected chi connectivity index (χ1v) is 5.89. The van der Waals surface area contributed by atoms with Crippen molar-refractivity contribution in [3.05, 3.63) is 70.5 Å². The van der Waals surface area contributed by atoms with Gasteiger partial charge in [0.05, 0.1) is 0 Å². The minimum atomic E-state index is -1.41. The van der Waals surface area contributed by atoms with Gasteiger partial charge in [0.15, 0.2) is 0 Å². The second-order valence-electron chi connectivity index (χ2n) is 4.05. The summed E-state index contributed by atoms with van der Waals surface area (Å²) in [7, 11) is 0. The first-order valence-electron chi connectivity index (χ1n) is 5.51. The maximum atomic E-state index is 13.0. The van der Waals surface area contributed by atoms with Gasteiger partial charge in [0.1, 0.15) is 11.4 Å². The number of benzene rings is 2. The molecule has 0 aliphatic carbocycles. The molecular weight excluding hydrogens is 253 g/mol. The molecule has 2 aromatic rings. The van der Waals surface area contributed by atoms with Crippen molar-refractivity contribution in [2.24, 2.45) is 5.73 Å². The van der Waals surface area contributed by atoms with E-state index in [-0.39, 0.29) is 11.6 Å². The Balaban J connectivity index is 2.57. The van der Waals surface area contributed by atoms with Gasteiger partial charge in [-0.15, -0.1) is 0 Å². The summed E-state index contributed by atoms with van der Waals surface area (Å²) in [6.45, 7) is -0.0393. The maximum absolute atomic E-state index is 13.0. The monoisotopic (exact) mass is 265 g/mol. The molecule has 0 aromatic heterocycles. The van der Waals surface area contributed by atoms with E-state index in [1.807, 2.05) is 6.07 Å². The molecule has 4 heteroatoms. The summed E-state index contributed by atoms with van der Waals surface area (Å²) in [6, 6.07) is 12.8. The SMILES string of the molecule is NC[C@](O)(c1ccccc1)c1ccc(F)cc1Cl. The van der Waals surface area contributed by atoms with E-state index >= 15 is 0 Å². The van der Waals surface area contributed by atoms with E-state index in [2.05, 4.69) is 0 Å². The lowest BCUT2D eigenvalue weighted by molar-refractivity contribution is 0.0903. The third-order valence-corrected chi connectivity index (χ3v) is 3.24. The van der Waals surface area contributed by atoms with Crippen molar-refractivity contribution in [1.82, 2.24) is 0 Å². The van der Waals surface area contributed by atoms with Crippen LogP contribution in [0.5, 0.6) is 0 Å². The van der Waals surface area contributed by atoms with Gasteiger partial charge in [0, 0.05) is 17.1 Å². The Morgan fingerprint density at radius 3 is 2.39 bits per heavy atom. The molecule has 0 saturated carbocycles. The highest BCUT2D eigenvalue weighted by atomic mass is 35.5. The number of halogens is 2. The van der Waals surface area contributed by atoms with Gasteiger partial charge in [-0.1, -0.05) is 48.0 Å². The van der Waals surface area contributed by atoms with Crippen molar-refractivity contribution in [2.75, 3.05) is 6.54 Å². The standard InChI is InChI=1S/C14H13ClFNO/c15-13-8-11(16)6-7-12(13)14(18,9-17)10-4-2-1-3-5-10/h1-8,18H,9,17H2/t14-/m0/s1. The Morgan fingerprint density at radius 2 is 1.83 bits per heavy atom. The number of aliphatic hydroxyl groups is 1. The van der Waals surface area contributed by atoms with Crippen LogP contribution < -0.4 is 5.73 Å². The minimum Gasteiger partial charge on any atom is -0.379 e. The molecule has 0 aliphatic rings. The highest BCUT2D eigenvalue weighted by Gasteiger charge is 2.32. The molecule has 0 spiro atoms. The first kappa shape index (κ1) is 13.0. The van der Waals surface area contributed by atoms with Gasteiger partial charge in [-0.05, 0) is 17.7 Å². The molecular formula is C14H13ClFNO. The van der Waals surface area contributed by atoms with Gasteiger partial charge >= 0.3 is 0 Å². The van der Waals surface area contributed by atoms with Crippen molar-refractivity contribution in [1.29, 1.82) is 0 Å². The molecule has 0 radical (unpaired) electrons. The van der Waals surface area contributed by atoms with Gasteiger partial charge < -0.3 is 10.8 Å². The zero-order chi connectivity index (χ0) is 13.2. The Bertz CT molecular complexity index is 547. The lowest BCUT2D eigenvalue weighted by Crippen LogP contribution is -2.36. The largest absolute Gasteiger partial charge is 0.379 e. The first-order chi connectivity index (χ1) is 8.58. The normalized spacial score (nSPS) is 14.2. The van der Waals surface area contributed by atoms with Gasteiger partial charge in [0.2, 0.25) is 0 Å². The summed E-state index contributed by atoms with van der Waals surface area (Å²) < 4.78 is 13.0. The number of hydrogen-bond acceptors (Lipinski definition) is 2. The Hall–Kier alpha value is -1.42. The topological polar surface area (TPSA) is 46.2 Å². The second kappa shape index (κ2) is 5.06. The van der Waals surface area contributed by atoms with Gasteiger partial charge in [-0.25, -0.2) is 4.39 Å². The summed E-state index contributed by atoms with van der Waals surface area (Å²) in [5.41, 5.74) is 5.29. The molecule has 0 heterocycles. The molecule has 94 valence electrons. The third kappa shape index (κ3) is 2.25. The third-order valence-electron chi connectivity index (χ3n) is 2.92. The van der Waals surface area contributed by atoms with E-state index in [0.29, 0.717) is 11.1 Å². The molecule has 3 N–H and O–H groups in total. The predicted octanol–water partition coefficient (Wildman–Crippen LogP) is 2.67. The van der Waals surface area contributed by atoms with Crippen molar-refractivity contribution in [2.45, 2.75) is 5.60 Å². The van der Waals surface area contributed by atoms with Crippen molar-refractivity contribution in [3.63, 3.8) is 0 Å². The van der Waals surface area contributed by atoms with Gasteiger partial charge in [-0.2, -0.15) is 0 Å². The molecule has 0 fully saturated rings. The Morgan fingerprint density at radius 1 is 1.17 bits per heavy atom. The highest BCUT2D eigenvalue weighted by molar-refractivity contribution is 6.31. The van der Waals surface area contributed by atoms with Crippen LogP contribution in [0, 0.1) is 5.82 Å². The smallest absolute Gasteiger partial charge is 0.128 e. The Kier molecular flexibility index (Phi) is 3.66. The number of hydrogen-bond donors (Lipinski definition) is 2. The summed E-state index contributed by atoms with van der Waals surface area (Å²) in [5, 5.41) is 10.9. The maximum Gasteiger partial charge on any atom is 0.128 e. The molecule has 0 amide bonds. The van der Waals surface area contributed by atoms with E-state index in [0.717, 1.165) is 0 Å². The quantitative estimate of drug-likeness (QED) is 0.896. The lowest BCUT2D eigenvalue weighted by Gasteiger charge is -2.28. The number of nitrogens with two attached hydrogens (primary N) is 1. The van der Waals surface area contributed by atoms with Crippen LogP contribution in [0.3, 0.4) is 0 Å². The zero-order valence-corrected chi connectivity index (χ0v) is 10.4. The molecule has 0 aliphatic heterocycles. The molecule has 1 atom stereocenters. The summed E-state index contributed by atoms with van der Waals surface area (Å²) in [5.74, 6) is -0.448. The summed E-state index contributed by atoms with van der Waals surface area (Å²) in [4.78, 5) is 0. The van der Waals surface area contributed by atoms with Gasteiger partial charge in [0.25, 0.3) is 0 Å². The molecule has 0 bridgehead atoms. The van der Waals surface area contributed by atoms with Crippen LogP contribution in [-0.2, 0) is 5.60 Å². The fourth-order valence-corrected chi connectivity index (χ4v) is 2.25. The van der Waals surface area contributed by atoms with Crippen LogP contribution in [0.2, 0.25) is 5.02 Å². The number of rotatable bonds is 3. The van der Waals surface area contributed by atoms with E-state index in [1.54, 1.807) is 24.3 Å². The van der Waals surface area contributed by atoms with Crippen molar-refractivity contribution >= 4 is 11.6 Å². The van der Waals surface area contributed by atoms with Crippen LogP contribution >= 0.6 is 11.6 Å². The fraction of sp³-hybridized carbons (Fsp3) is 0.143. The lowest BCUT2D eigenvalue weighted by atomic mass is 9.86. The zero-order valence-electron chi connectivity index (χ0n) is 9.61. The molecule has 2 nitrogen and oxygen atoms in total. The van der Waals surface area contributed by atoms with Crippen LogP contribution in [-0.4, -0.2) is 11.7 Å². The van der Waals surface area contributed by atoms with Crippen LogP contribution in [0.25, 0.3) is 0 Å².